The molecule has 1 rings (SSSR count). The van der Waals surface area contributed by atoms with E-state index >= 15 is 0 Å². The first kappa shape index (κ1) is 10.2. The predicted molar refractivity (Wildman–Crippen MR) is 48.2 cm³/mol. The number of aliphatic hydroxyl groups excluding tert-OH is 1. The van der Waals surface area contributed by atoms with Gasteiger partial charge in [-0.05, 0) is 19.3 Å². The molecule has 1 fully saturated rings. The van der Waals surface area contributed by atoms with Crippen LogP contribution >= 0.6 is 0 Å². The van der Waals surface area contributed by atoms with Crippen LogP contribution in [0.3, 0.4) is 0 Å². The second-order valence-electron chi connectivity index (χ2n) is 3.34. The van der Waals surface area contributed by atoms with Crippen molar-refractivity contribution < 1.29 is 15.0 Å². The summed E-state index contributed by atoms with van der Waals surface area (Å²) in [6.07, 6.45) is 3.52. The van der Waals surface area contributed by atoms with E-state index in [1.165, 1.54) is 0 Å². The number of aliphatic carboxylic acids is 1. The van der Waals surface area contributed by atoms with Crippen LogP contribution in [-0.4, -0.2) is 28.3 Å². The summed E-state index contributed by atoms with van der Waals surface area (Å²) in [6, 6.07) is -0.284. The van der Waals surface area contributed by atoms with Gasteiger partial charge in [-0.15, -0.1) is 0 Å². The summed E-state index contributed by atoms with van der Waals surface area (Å²) in [5.74, 6) is -0.802. The van der Waals surface area contributed by atoms with Crippen molar-refractivity contribution in [3.63, 3.8) is 0 Å². The van der Waals surface area contributed by atoms with Crippen molar-refractivity contribution in [2.24, 2.45) is 5.73 Å². The lowest BCUT2D eigenvalue weighted by Gasteiger charge is -2.08. The number of rotatable bonds is 3. The van der Waals surface area contributed by atoms with E-state index in [9.17, 15) is 9.90 Å². The lowest BCUT2D eigenvalue weighted by Crippen LogP contribution is -2.30. The highest BCUT2D eigenvalue weighted by Crippen LogP contribution is 2.24. The first-order chi connectivity index (χ1) is 6.11. The van der Waals surface area contributed by atoms with E-state index in [2.05, 4.69) is 0 Å². The molecule has 0 aliphatic heterocycles. The summed E-state index contributed by atoms with van der Waals surface area (Å²) in [7, 11) is 0. The Morgan fingerprint density at radius 3 is 2.85 bits per heavy atom. The Kier molecular flexibility index (Phi) is 3.45. The maximum Gasteiger partial charge on any atom is 0.303 e. The third-order valence-corrected chi connectivity index (χ3v) is 2.34. The zero-order valence-electron chi connectivity index (χ0n) is 7.44. The quantitative estimate of drug-likeness (QED) is 0.551. The fraction of sp³-hybridized carbons (Fsp3) is 0.667. The van der Waals surface area contributed by atoms with Crippen LogP contribution < -0.4 is 5.73 Å². The highest BCUT2D eigenvalue weighted by Gasteiger charge is 2.25. The molecule has 0 heterocycles. The summed E-state index contributed by atoms with van der Waals surface area (Å²) in [5, 5.41) is 17.7. The number of hydrogen-bond donors (Lipinski definition) is 3. The first-order valence-electron chi connectivity index (χ1n) is 4.45. The molecule has 2 atom stereocenters. The molecule has 0 amide bonds. The molecule has 0 saturated heterocycles. The Labute approximate surface area is 77.1 Å². The summed E-state index contributed by atoms with van der Waals surface area (Å²) in [5.41, 5.74) is 6.67. The monoisotopic (exact) mass is 185 g/mol. The van der Waals surface area contributed by atoms with Crippen LogP contribution in [0, 0.1) is 0 Å². The van der Waals surface area contributed by atoms with Gasteiger partial charge in [0.15, 0.2) is 0 Å². The van der Waals surface area contributed by atoms with Crippen molar-refractivity contribution in [1.29, 1.82) is 0 Å². The van der Waals surface area contributed by atoms with Gasteiger partial charge in [0.1, 0.15) is 0 Å². The number of nitrogens with two attached hydrogens (primary N) is 1. The molecule has 0 aromatic heterocycles. The molecule has 0 aromatic carbocycles. The fourth-order valence-corrected chi connectivity index (χ4v) is 1.53. The Balaban J connectivity index is 2.39. The van der Waals surface area contributed by atoms with E-state index in [0.29, 0.717) is 12.8 Å². The van der Waals surface area contributed by atoms with E-state index in [1.807, 2.05) is 6.08 Å². The number of carbonyl (C=O) groups is 1. The molecule has 13 heavy (non-hydrogen) atoms. The van der Waals surface area contributed by atoms with Crippen LogP contribution in [-0.2, 0) is 4.79 Å². The van der Waals surface area contributed by atoms with Gasteiger partial charge in [0.2, 0.25) is 0 Å². The molecular weight excluding hydrogens is 170 g/mol. The van der Waals surface area contributed by atoms with Gasteiger partial charge in [-0.1, -0.05) is 11.6 Å². The van der Waals surface area contributed by atoms with E-state index in [-0.39, 0.29) is 12.5 Å². The minimum absolute atomic E-state index is 0.131. The molecule has 4 nitrogen and oxygen atoms in total. The van der Waals surface area contributed by atoms with E-state index < -0.39 is 12.1 Å². The van der Waals surface area contributed by atoms with Gasteiger partial charge in [-0.25, -0.2) is 0 Å². The third-order valence-electron chi connectivity index (χ3n) is 2.34. The Morgan fingerprint density at radius 1 is 1.69 bits per heavy atom. The van der Waals surface area contributed by atoms with E-state index in [4.69, 9.17) is 10.8 Å². The van der Waals surface area contributed by atoms with Crippen LogP contribution in [0.2, 0.25) is 0 Å². The summed E-state index contributed by atoms with van der Waals surface area (Å²) in [4.78, 5) is 10.2. The van der Waals surface area contributed by atoms with E-state index in [0.717, 1.165) is 12.0 Å². The average Bonchev–Trinajstić information content (AvgIpc) is 2.35. The van der Waals surface area contributed by atoms with Crippen LogP contribution in [0.15, 0.2) is 11.6 Å². The highest BCUT2D eigenvalue weighted by atomic mass is 16.4. The second kappa shape index (κ2) is 4.39. The van der Waals surface area contributed by atoms with Crippen molar-refractivity contribution in [1.82, 2.24) is 0 Å². The lowest BCUT2D eigenvalue weighted by atomic mass is 10.1. The smallest absolute Gasteiger partial charge is 0.303 e. The van der Waals surface area contributed by atoms with Crippen LogP contribution in [0.1, 0.15) is 25.7 Å². The summed E-state index contributed by atoms with van der Waals surface area (Å²) in [6.45, 7) is 0. The largest absolute Gasteiger partial charge is 0.481 e. The van der Waals surface area contributed by atoms with Gasteiger partial charge in [-0.2, -0.15) is 0 Å². The van der Waals surface area contributed by atoms with Crippen LogP contribution in [0.5, 0.6) is 0 Å². The Morgan fingerprint density at radius 2 is 2.38 bits per heavy atom. The minimum Gasteiger partial charge on any atom is -0.481 e. The van der Waals surface area contributed by atoms with Gasteiger partial charge in [-0.3, -0.25) is 4.79 Å². The molecule has 1 aliphatic carbocycles. The summed E-state index contributed by atoms with van der Waals surface area (Å²) < 4.78 is 0. The van der Waals surface area contributed by atoms with Crippen molar-refractivity contribution >= 4 is 5.97 Å². The first-order valence-corrected chi connectivity index (χ1v) is 4.45. The molecule has 0 radical (unpaired) electrons. The third kappa shape index (κ3) is 2.82. The average molecular weight is 185 g/mol. The molecule has 0 spiro atoms. The maximum absolute atomic E-state index is 10.2. The normalized spacial score (nSPS) is 31.1. The van der Waals surface area contributed by atoms with E-state index in [1.54, 1.807) is 0 Å². The Hall–Kier alpha value is -0.870. The van der Waals surface area contributed by atoms with Gasteiger partial charge < -0.3 is 15.9 Å². The SMILES string of the molecule is NC1/C(=C/CCC(=O)O)CCC1O. The number of carboxylic acid groups (broad SMARTS) is 1. The molecule has 0 aromatic rings. The van der Waals surface area contributed by atoms with Gasteiger partial charge >= 0.3 is 5.97 Å². The minimum atomic E-state index is -0.802. The lowest BCUT2D eigenvalue weighted by molar-refractivity contribution is -0.136. The number of aliphatic hydroxyl groups is 1. The zero-order valence-corrected chi connectivity index (χ0v) is 7.44. The highest BCUT2D eigenvalue weighted by molar-refractivity contribution is 5.66. The van der Waals surface area contributed by atoms with Crippen molar-refractivity contribution in [3.05, 3.63) is 11.6 Å². The molecule has 4 heteroatoms. The molecule has 0 bridgehead atoms. The fourth-order valence-electron chi connectivity index (χ4n) is 1.53. The van der Waals surface area contributed by atoms with Gasteiger partial charge in [0.25, 0.3) is 0 Å². The number of allylic oxidation sites excluding steroid dienone is 1. The predicted octanol–water partition coefficient (Wildman–Crippen LogP) is 0.260. The van der Waals surface area contributed by atoms with Crippen LogP contribution in [0.25, 0.3) is 0 Å². The molecular formula is C9H15NO3. The topological polar surface area (TPSA) is 83.6 Å². The van der Waals surface area contributed by atoms with Crippen molar-refractivity contribution in [2.45, 2.75) is 37.8 Å². The van der Waals surface area contributed by atoms with Gasteiger partial charge in [0, 0.05) is 6.42 Å². The van der Waals surface area contributed by atoms with Crippen LogP contribution in [0.4, 0.5) is 0 Å². The van der Waals surface area contributed by atoms with Gasteiger partial charge in [0.05, 0.1) is 12.1 Å². The zero-order chi connectivity index (χ0) is 9.84. The maximum atomic E-state index is 10.2. The number of carboxylic acids is 1. The Bertz CT molecular complexity index is 225. The standard InChI is InChI=1S/C9H15NO3/c10-9-6(4-5-7(9)11)2-1-3-8(12)13/h2,7,9,11H,1,3-5,10H2,(H,12,13)/b6-2+. The molecule has 4 N–H and O–H groups in total. The summed E-state index contributed by atoms with van der Waals surface area (Å²) >= 11 is 0. The molecule has 1 aliphatic rings. The molecule has 1 saturated carbocycles. The van der Waals surface area contributed by atoms with Crippen molar-refractivity contribution in [2.75, 3.05) is 0 Å². The number of hydrogen-bond acceptors (Lipinski definition) is 3. The van der Waals surface area contributed by atoms with Crippen molar-refractivity contribution in [3.8, 4) is 0 Å². The molecule has 2 unspecified atom stereocenters. The second-order valence-corrected chi connectivity index (χ2v) is 3.34. The molecule has 74 valence electrons.